The lowest BCUT2D eigenvalue weighted by Gasteiger charge is -2.20. The molecular weight excluding hydrogens is 385 g/mol. The fourth-order valence-electron chi connectivity index (χ4n) is 2.77. The molecule has 0 spiro atoms. The van der Waals surface area contributed by atoms with Crippen LogP contribution in [-0.4, -0.2) is 17.0 Å². The molecule has 0 atom stereocenters. The molecule has 3 aromatic carbocycles. The van der Waals surface area contributed by atoms with Gasteiger partial charge in [0.25, 0.3) is 5.91 Å². The van der Waals surface area contributed by atoms with Crippen LogP contribution in [0.4, 0.5) is 0 Å². The first-order valence-corrected chi connectivity index (χ1v) is 8.86. The summed E-state index contributed by atoms with van der Waals surface area (Å²) < 4.78 is 0. The Kier molecular flexibility index (Phi) is 5.79. The van der Waals surface area contributed by atoms with Crippen molar-refractivity contribution < 1.29 is 14.7 Å². The van der Waals surface area contributed by atoms with Crippen LogP contribution in [0, 0.1) is 0 Å². The number of nitrogens with one attached hydrogen (secondary N) is 1. The molecule has 0 fully saturated rings. The average Bonchev–Trinajstić information content (AvgIpc) is 2.68. The first-order chi connectivity index (χ1) is 13.0. The van der Waals surface area contributed by atoms with Crippen LogP contribution >= 0.6 is 23.2 Å². The van der Waals surface area contributed by atoms with Crippen molar-refractivity contribution >= 4 is 35.1 Å². The first kappa shape index (κ1) is 19.0. The van der Waals surface area contributed by atoms with Crippen molar-refractivity contribution in [3.63, 3.8) is 0 Å². The second-order valence-corrected chi connectivity index (χ2v) is 6.66. The normalized spacial score (nSPS) is 10.6. The van der Waals surface area contributed by atoms with E-state index in [0.29, 0.717) is 0 Å². The second-order valence-electron chi connectivity index (χ2n) is 5.84. The summed E-state index contributed by atoms with van der Waals surface area (Å²) in [5.74, 6) is -1.81. The molecule has 27 heavy (non-hydrogen) atoms. The highest BCUT2D eigenvalue weighted by Gasteiger charge is 2.23. The standard InChI is InChI=1S/C21H15Cl2NO3/c22-17-11-15(16(21(26)27)12-18(17)23)20(25)24-19(13-7-3-1-4-8-13)14-9-5-2-6-10-14/h1-12,19H,(H,24,25)(H,26,27). The number of amides is 1. The van der Waals surface area contributed by atoms with Crippen molar-refractivity contribution in [2.24, 2.45) is 0 Å². The van der Waals surface area contributed by atoms with Crippen molar-refractivity contribution in [2.75, 3.05) is 0 Å². The lowest BCUT2D eigenvalue weighted by atomic mass is 9.97. The molecular formula is C21H15Cl2NO3. The molecule has 0 saturated carbocycles. The zero-order valence-corrected chi connectivity index (χ0v) is 15.5. The quantitative estimate of drug-likeness (QED) is 0.618. The van der Waals surface area contributed by atoms with Crippen molar-refractivity contribution in [2.45, 2.75) is 6.04 Å². The van der Waals surface area contributed by atoms with Crippen molar-refractivity contribution in [3.8, 4) is 0 Å². The predicted octanol–water partition coefficient (Wildman–Crippen LogP) is 5.21. The largest absolute Gasteiger partial charge is 0.478 e. The van der Waals surface area contributed by atoms with E-state index in [-0.39, 0.29) is 21.2 Å². The summed E-state index contributed by atoms with van der Waals surface area (Å²) in [6, 6.07) is 20.8. The lowest BCUT2D eigenvalue weighted by Crippen LogP contribution is -2.30. The summed E-state index contributed by atoms with van der Waals surface area (Å²) in [6.45, 7) is 0. The monoisotopic (exact) mass is 399 g/mol. The number of carbonyl (C=O) groups is 2. The zero-order chi connectivity index (χ0) is 19.4. The summed E-state index contributed by atoms with van der Waals surface area (Å²) >= 11 is 11.9. The minimum atomic E-state index is -1.25. The van der Waals surface area contributed by atoms with Gasteiger partial charge in [0.05, 0.1) is 27.2 Å². The molecule has 0 heterocycles. The van der Waals surface area contributed by atoms with E-state index in [0.717, 1.165) is 11.1 Å². The molecule has 0 radical (unpaired) electrons. The Morgan fingerprint density at radius 3 is 1.67 bits per heavy atom. The van der Waals surface area contributed by atoms with E-state index in [4.69, 9.17) is 23.2 Å². The molecule has 0 aromatic heterocycles. The molecule has 136 valence electrons. The number of rotatable bonds is 5. The molecule has 0 saturated heterocycles. The van der Waals surface area contributed by atoms with Gasteiger partial charge in [0.1, 0.15) is 0 Å². The second kappa shape index (κ2) is 8.25. The van der Waals surface area contributed by atoms with Gasteiger partial charge in [-0.15, -0.1) is 0 Å². The number of hydrogen-bond acceptors (Lipinski definition) is 2. The number of hydrogen-bond donors (Lipinski definition) is 2. The highest BCUT2D eigenvalue weighted by atomic mass is 35.5. The Morgan fingerprint density at radius 2 is 1.22 bits per heavy atom. The van der Waals surface area contributed by atoms with Crippen LogP contribution in [0.25, 0.3) is 0 Å². The van der Waals surface area contributed by atoms with Gasteiger partial charge in [-0.25, -0.2) is 4.79 Å². The van der Waals surface area contributed by atoms with Gasteiger partial charge in [0, 0.05) is 0 Å². The van der Waals surface area contributed by atoms with E-state index >= 15 is 0 Å². The molecule has 2 N–H and O–H groups in total. The third kappa shape index (κ3) is 4.30. The fraction of sp³-hybridized carbons (Fsp3) is 0.0476. The van der Waals surface area contributed by atoms with E-state index in [2.05, 4.69) is 5.32 Å². The molecule has 0 aliphatic heterocycles. The highest BCUT2D eigenvalue weighted by molar-refractivity contribution is 6.42. The summed E-state index contributed by atoms with van der Waals surface area (Å²) in [6.07, 6.45) is 0. The minimum Gasteiger partial charge on any atom is -0.478 e. The molecule has 6 heteroatoms. The van der Waals surface area contributed by atoms with Gasteiger partial charge in [-0.3, -0.25) is 4.79 Å². The molecule has 0 unspecified atom stereocenters. The van der Waals surface area contributed by atoms with Gasteiger partial charge >= 0.3 is 5.97 Å². The van der Waals surface area contributed by atoms with Crippen molar-refractivity contribution in [3.05, 3.63) is 105 Å². The Labute approximate surface area is 166 Å². The predicted molar refractivity (Wildman–Crippen MR) is 106 cm³/mol. The van der Waals surface area contributed by atoms with Crippen LogP contribution in [0.1, 0.15) is 37.9 Å². The third-order valence-corrected chi connectivity index (χ3v) is 4.80. The van der Waals surface area contributed by atoms with E-state index in [1.54, 1.807) is 0 Å². The summed E-state index contributed by atoms with van der Waals surface area (Å²) in [5, 5.41) is 12.5. The first-order valence-electron chi connectivity index (χ1n) is 8.10. The van der Waals surface area contributed by atoms with Gasteiger partial charge in [-0.05, 0) is 23.3 Å². The number of carboxylic acid groups (broad SMARTS) is 1. The maximum atomic E-state index is 12.9. The van der Waals surface area contributed by atoms with Crippen LogP contribution in [0.3, 0.4) is 0 Å². The molecule has 3 rings (SSSR count). The molecule has 3 aromatic rings. The molecule has 0 bridgehead atoms. The lowest BCUT2D eigenvalue weighted by molar-refractivity contribution is 0.0690. The van der Waals surface area contributed by atoms with Gasteiger partial charge in [0.15, 0.2) is 0 Å². The summed E-state index contributed by atoms with van der Waals surface area (Å²) in [4.78, 5) is 24.4. The van der Waals surface area contributed by atoms with Crippen LogP contribution in [-0.2, 0) is 0 Å². The van der Waals surface area contributed by atoms with E-state index < -0.39 is 17.9 Å². The Hall–Kier alpha value is -2.82. The summed E-state index contributed by atoms with van der Waals surface area (Å²) in [5.41, 5.74) is 1.48. The highest BCUT2D eigenvalue weighted by Crippen LogP contribution is 2.28. The molecule has 0 aliphatic carbocycles. The number of carbonyl (C=O) groups excluding carboxylic acids is 1. The van der Waals surface area contributed by atoms with Crippen molar-refractivity contribution in [1.29, 1.82) is 0 Å². The molecule has 0 aliphatic rings. The van der Waals surface area contributed by atoms with Crippen molar-refractivity contribution in [1.82, 2.24) is 5.32 Å². The topological polar surface area (TPSA) is 66.4 Å². The minimum absolute atomic E-state index is 0.0474. The number of carboxylic acids is 1. The number of aromatic carboxylic acids is 1. The summed E-state index contributed by atoms with van der Waals surface area (Å²) in [7, 11) is 0. The Balaban J connectivity index is 2.01. The van der Waals surface area contributed by atoms with Crippen LogP contribution < -0.4 is 5.32 Å². The van der Waals surface area contributed by atoms with Crippen LogP contribution in [0.2, 0.25) is 10.0 Å². The number of benzene rings is 3. The average molecular weight is 400 g/mol. The van der Waals surface area contributed by atoms with Gasteiger partial charge < -0.3 is 10.4 Å². The van der Waals surface area contributed by atoms with E-state index in [1.807, 2.05) is 60.7 Å². The SMILES string of the molecule is O=C(O)c1cc(Cl)c(Cl)cc1C(=O)NC(c1ccccc1)c1ccccc1. The van der Waals surface area contributed by atoms with E-state index in [1.165, 1.54) is 12.1 Å². The zero-order valence-electron chi connectivity index (χ0n) is 14.0. The third-order valence-electron chi connectivity index (χ3n) is 4.08. The Bertz CT molecular complexity index is 936. The Morgan fingerprint density at radius 1 is 0.778 bits per heavy atom. The van der Waals surface area contributed by atoms with Gasteiger partial charge in [-0.1, -0.05) is 83.9 Å². The van der Waals surface area contributed by atoms with Crippen LogP contribution in [0.5, 0.6) is 0 Å². The van der Waals surface area contributed by atoms with Gasteiger partial charge in [0.2, 0.25) is 0 Å². The number of halogens is 2. The van der Waals surface area contributed by atoms with Gasteiger partial charge in [-0.2, -0.15) is 0 Å². The van der Waals surface area contributed by atoms with E-state index in [9.17, 15) is 14.7 Å². The van der Waals surface area contributed by atoms with Crippen LogP contribution in [0.15, 0.2) is 72.8 Å². The molecule has 1 amide bonds. The molecule has 4 nitrogen and oxygen atoms in total. The fourth-order valence-corrected chi connectivity index (χ4v) is 3.10. The maximum Gasteiger partial charge on any atom is 0.336 e. The maximum absolute atomic E-state index is 12.9. The smallest absolute Gasteiger partial charge is 0.336 e.